The van der Waals surface area contributed by atoms with E-state index in [1.807, 2.05) is 49.4 Å². The van der Waals surface area contributed by atoms with Crippen LogP contribution in [-0.2, 0) is 32.8 Å². The maximum absolute atomic E-state index is 12.9. The van der Waals surface area contributed by atoms with Gasteiger partial charge < -0.3 is 18.6 Å². The van der Waals surface area contributed by atoms with Gasteiger partial charge in [0.15, 0.2) is 32.4 Å². The lowest BCUT2D eigenvalue weighted by molar-refractivity contribution is -0.107. The number of hydrogen-bond donors (Lipinski definition) is 0. The number of halogens is 6. The summed E-state index contributed by atoms with van der Waals surface area (Å²) in [6, 6.07) is 6.04. The lowest BCUT2D eigenvalue weighted by Gasteiger charge is -2.16. The van der Waals surface area contributed by atoms with Gasteiger partial charge in [-0.3, -0.25) is 8.80 Å². The molecule has 2 aliphatic rings. The summed E-state index contributed by atoms with van der Waals surface area (Å²) in [5, 5.41) is 16.3. The molecule has 0 bridgehead atoms. The molecule has 2 fully saturated rings. The standard InChI is InChI=1S/C22H32F3N5O3SSi.C22H32F3N5OSSi/c1-5-15-10-16(34(31,32)13-22(23,24)25)11-17(15)20-28-27-19-12-26-21-18(30(19)20)6-7-29(21)14-33-8-9-35(2,3)4;1-5-15-10-16(32-13-22(23,24)25)11-17(15)20-28-27-19-12-26-21-18(30(19)20)6-7-29(21)14-31-8-9-33(2,3)4/h6-7,12,15-17H,5,8-11,13-14H2,1-4H3;6-7,12,15-17H,5,8-11,13-14H2,1-4H3. The van der Waals surface area contributed by atoms with Crippen molar-refractivity contribution in [3.8, 4) is 0 Å². The number of hydrogen-bond acceptors (Lipinski definition) is 11. The average molecular weight is 1030 g/mol. The van der Waals surface area contributed by atoms with Crippen LogP contribution >= 0.6 is 11.8 Å². The van der Waals surface area contributed by atoms with E-state index in [1.165, 1.54) is 0 Å². The Hall–Kier alpha value is -3.59. The fraction of sp³-hybridized carbons (Fsp3) is 0.682. The van der Waals surface area contributed by atoms with Crippen LogP contribution in [0.25, 0.3) is 33.6 Å². The maximum Gasteiger partial charge on any atom is 0.402 e. The molecule has 0 amide bonds. The van der Waals surface area contributed by atoms with E-state index in [0.29, 0.717) is 61.6 Å². The molecule has 376 valence electrons. The molecule has 68 heavy (non-hydrogen) atoms. The number of alkyl halides is 6. The Balaban J connectivity index is 0.000000202. The van der Waals surface area contributed by atoms with Crippen LogP contribution in [0.15, 0.2) is 36.9 Å². The van der Waals surface area contributed by atoms with Gasteiger partial charge in [-0.1, -0.05) is 66.0 Å². The van der Waals surface area contributed by atoms with Gasteiger partial charge in [0, 0.05) is 58.8 Å². The second-order valence-electron chi connectivity index (χ2n) is 20.8. The number of aromatic nitrogens is 10. The van der Waals surface area contributed by atoms with Crippen LogP contribution in [0.4, 0.5) is 26.3 Å². The smallest absolute Gasteiger partial charge is 0.361 e. The lowest BCUT2D eigenvalue weighted by Crippen LogP contribution is -2.30. The van der Waals surface area contributed by atoms with Gasteiger partial charge in [0.2, 0.25) is 0 Å². The second kappa shape index (κ2) is 20.6. The molecule has 0 aromatic carbocycles. The highest BCUT2D eigenvalue weighted by atomic mass is 32.2. The molecule has 6 aromatic heterocycles. The number of rotatable bonds is 18. The topological polar surface area (TPSA) is 149 Å². The number of nitrogens with zero attached hydrogens (tertiary/aromatic N) is 10. The highest BCUT2D eigenvalue weighted by Gasteiger charge is 2.47. The first kappa shape index (κ1) is 52.2. The van der Waals surface area contributed by atoms with Crippen molar-refractivity contribution in [1.29, 1.82) is 0 Å². The summed E-state index contributed by atoms with van der Waals surface area (Å²) in [4.78, 5) is 9.10. The molecule has 6 unspecified atom stereocenters. The third kappa shape index (κ3) is 12.7. The zero-order chi connectivity index (χ0) is 49.4. The van der Waals surface area contributed by atoms with Gasteiger partial charge in [-0.2, -0.15) is 26.3 Å². The maximum atomic E-state index is 12.9. The summed E-state index contributed by atoms with van der Waals surface area (Å²) in [7, 11) is -6.66. The zero-order valence-corrected chi connectivity index (χ0v) is 43.7. The van der Waals surface area contributed by atoms with E-state index >= 15 is 0 Å². The van der Waals surface area contributed by atoms with Crippen LogP contribution in [0.1, 0.15) is 75.9 Å². The predicted octanol–water partition coefficient (Wildman–Crippen LogP) is 10.6. The van der Waals surface area contributed by atoms with Crippen LogP contribution in [0.5, 0.6) is 0 Å². The third-order valence-electron chi connectivity index (χ3n) is 13.2. The van der Waals surface area contributed by atoms with Crippen molar-refractivity contribution in [2.75, 3.05) is 24.7 Å². The highest BCUT2D eigenvalue weighted by molar-refractivity contribution is 8.00. The van der Waals surface area contributed by atoms with Crippen molar-refractivity contribution < 1.29 is 44.2 Å². The first-order valence-corrected chi connectivity index (χ1v) is 33.5. The predicted molar refractivity (Wildman–Crippen MR) is 258 cm³/mol. The monoisotopic (exact) mass is 1030 g/mol. The molecule has 0 aliphatic heterocycles. The van der Waals surface area contributed by atoms with Crippen LogP contribution < -0.4 is 0 Å². The highest BCUT2D eigenvalue weighted by Crippen LogP contribution is 2.47. The number of thioether (sulfide) groups is 1. The van der Waals surface area contributed by atoms with Gasteiger partial charge in [-0.15, -0.1) is 32.2 Å². The van der Waals surface area contributed by atoms with Gasteiger partial charge >= 0.3 is 12.4 Å². The van der Waals surface area contributed by atoms with E-state index in [0.717, 1.165) is 65.8 Å². The van der Waals surface area contributed by atoms with Crippen molar-refractivity contribution in [1.82, 2.24) is 48.3 Å². The Labute approximate surface area is 399 Å². The minimum Gasteiger partial charge on any atom is -0.361 e. The van der Waals surface area contributed by atoms with Gasteiger partial charge in [0.25, 0.3) is 0 Å². The molecule has 0 saturated heterocycles. The summed E-state index contributed by atoms with van der Waals surface area (Å²) >= 11 is 1.02. The molecule has 2 aliphatic carbocycles. The molecule has 0 radical (unpaired) electrons. The number of fused-ring (bicyclic) bond motifs is 6. The largest absolute Gasteiger partial charge is 0.402 e. The molecule has 0 N–H and O–H groups in total. The molecule has 6 heterocycles. The van der Waals surface area contributed by atoms with E-state index in [4.69, 9.17) is 9.47 Å². The van der Waals surface area contributed by atoms with E-state index in [2.05, 4.69) is 76.6 Å². The molecule has 14 nitrogen and oxygen atoms in total. The van der Waals surface area contributed by atoms with Gasteiger partial charge in [-0.05, 0) is 61.7 Å². The van der Waals surface area contributed by atoms with E-state index in [-0.39, 0.29) is 35.8 Å². The Bertz CT molecular complexity index is 2770. The first-order chi connectivity index (χ1) is 31.8. The van der Waals surface area contributed by atoms with Crippen molar-refractivity contribution in [3.05, 3.63) is 48.6 Å². The SMILES string of the molecule is CCC1CC(S(=O)(=O)CC(F)(F)F)CC1c1nnc2cnc3c(ccn3COCC[Si](C)(C)C)n12.CCC1CC(SCC(F)(F)F)CC1c1nnc2cnc3c(ccn3COCC[Si](C)(C)C)n12. The molecule has 8 rings (SSSR count). The van der Waals surface area contributed by atoms with E-state index < -0.39 is 55.1 Å². The first-order valence-electron chi connectivity index (χ1n) is 23.3. The van der Waals surface area contributed by atoms with Gasteiger partial charge in [0.05, 0.1) is 34.4 Å². The molecule has 6 aromatic rings. The summed E-state index contributed by atoms with van der Waals surface area (Å²) in [6.45, 7) is 20.1. The Morgan fingerprint density at radius 3 is 1.59 bits per heavy atom. The molecular formula is C44H64F6N10O4S2Si2. The van der Waals surface area contributed by atoms with Crippen molar-refractivity contribution >= 4 is 71.4 Å². The van der Waals surface area contributed by atoms with Crippen LogP contribution in [-0.4, -0.2) is 120 Å². The Morgan fingerprint density at radius 2 is 1.15 bits per heavy atom. The second-order valence-corrected chi connectivity index (χ2v) is 35.6. The molecule has 24 heteroatoms. The van der Waals surface area contributed by atoms with Crippen LogP contribution in [0.2, 0.25) is 51.4 Å². The molecule has 2 saturated carbocycles. The van der Waals surface area contributed by atoms with Crippen LogP contribution in [0, 0.1) is 11.8 Å². The van der Waals surface area contributed by atoms with Crippen molar-refractivity contribution in [2.24, 2.45) is 11.8 Å². The van der Waals surface area contributed by atoms with Crippen LogP contribution in [0.3, 0.4) is 0 Å². The molecular weight excluding hydrogens is 967 g/mol. The quantitative estimate of drug-likeness (QED) is 0.0460. The number of ether oxygens (including phenoxy) is 2. The van der Waals surface area contributed by atoms with Gasteiger partial charge in [-0.25, -0.2) is 18.4 Å². The Kier molecular flexibility index (Phi) is 15.9. The summed E-state index contributed by atoms with van der Waals surface area (Å²) in [5.74, 6) is -1.23. The average Bonchev–Trinajstić information content (AvgIpc) is 4.09. The number of sulfone groups is 1. The van der Waals surface area contributed by atoms with Crippen molar-refractivity contribution in [3.63, 3.8) is 0 Å². The minimum atomic E-state index is -4.75. The van der Waals surface area contributed by atoms with E-state index in [1.54, 1.807) is 12.4 Å². The summed E-state index contributed by atoms with van der Waals surface area (Å²) in [6.07, 6.45) is 1.55. The fourth-order valence-electron chi connectivity index (χ4n) is 9.49. The van der Waals surface area contributed by atoms with Gasteiger partial charge in [0.1, 0.15) is 30.9 Å². The van der Waals surface area contributed by atoms with E-state index in [9.17, 15) is 34.8 Å². The zero-order valence-electron chi connectivity index (χ0n) is 40.0. The third-order valence-corrected chi connectivity index (χ3v) is 20.1. The summed E-state index contributed by atoms with van der Waals surface area (Å²) < 4.78 is 121. The summed E-state index contributed by atoms with van der Waals surface area (Å²) in [5.41, 5.74) is 4.32. The molecule has 6 atom stereocenters. The molecule has 0 spiro atoms. The normalized spacial score (nSPS) is 22.0. The van der Waals surface area contributed by atoms with Crippen molar-refractivity contribution in [2.45, 2.75) is 152 Å². The minimum absolute atomic E-state index is 0.0179. The Morgan fingerprint density at radius 1 is 0.676 bits per heavy atom. The fourth-order valence-corrected chi connectivity index (χ4v) is 13.9. The lowest BCUT2D eigenvalue weighted by atomic mass is 9.93.